The fourth-order valence-electron chi connectivity index (χ4n) is 3.39. The van der Waals surface area contributed by atoms with E-state index >= 15 is 0 Å². The van der Waals surface area contributed by atoms with E-state index in [1.165, 1.54) is 4.31 Å². The van der Waals surface area contributed by atoms with Gasteiger partial charge in [-0.15, -0.1) is 0 Å². The van der Waals surface area contributed by atoms with Gasteiger partial charge in [-0.1, -0.05) is 28.8 Å². The van der Waals surface area contributed by atoms with E-state index in [1.807, 2.05) is 0 Å². The molecule has 1 N–H and O–H groups in total. The van der Waals surface area contributed by atoms with Crippen molar-refractivity contribution < 1.29 is 17.8 Å². The fourth-order valence-corrected chi connectivity index (χ4v) is 6.45. The molecule has 3 rings (SSSR count). The molecule has 0 spiro atoms. The summed E-state index contributed by atoms with van der Waals surface area (Å²) in [5.41, 5.74) is 0.534. The van der Waals surface area contributed by atoms with Crippen LogP contribution in [0.2, 0.25) is 5.02 Å². The smallest absolute Gasteiger partial charge is 0.317 e. The third-order valence-electron chi connectivity index (χ3n) is 5.01. The Hall–Kier alpha value is -1.00. The van der Waals surface area contributed by atoms with Crippen molar-refractivity contribution in [2.24, 2.45) is 0 Å². The first-order chi connectivity index (χ1) is 12.8. The van der Waals surface area contributed by atoms with Gasteiger partial charge in [-0.05, 0) is 37.5 Å². The molecule has 0 aromatic heterocycles. The number of sulfonamides is 1. The zero-order valence-electron chi connectivity index (χ0n) is 15.2. The van der Waals surface area contributed by atoms with Crippen molar-refractivity contribution in [1.29, 1.82) is 0 Å². The number of rotatable bonds is 3. The van der Waals surface area contributed by atoms with Gasteiger partial charge in [-0.2, -0.15) is 4.31 Å². The van der Waals surface area contributed by atoms with Gasteiger partial charge in [-0.25, -0.2) is 13.2 Å². The van der Waals surface area contributed by atoms with Crippen LogP contribution < -0.4 is 5.32 Å². The molecule has 1 aromatic carbocycles. The first-order valence-corrected chi connectivity index (χ1v) is 12.3. The fraction of sp³-hybridized carbons (Fsp3) is 0.588. The Morgan fingerprint density at radius 1 is 1.30 bits per heavy atom. The molecule has 27 heavy (non-hydrogen) atoms. The predicted molar refractivity (Wildman–Crippen MR) is 106 cm³/mol. The molecular formula is C17H24ClN3O4S2. The van der Waals surface area contributed by atoms with Crippen LogP contribution in [0.5, 0.6) is 0 Å². The highest BCUT2D eigenvalue weighted by Crippen LogP contribution is 2.27. The van der Waals surface area contributed by atoms with E-state index in [2.05, 4.69) is 5.32 Å². The zero-order chi connectivity index (χ0) is 19.6. The highest BCUT2D eigenvalue weighted by atomic mass is 35.5. The topological polar surface area (TPSA) is 92.8 Å². The minimum Gasteiger partial charge on any atom is -0.616 e. The van der Waals surface area contributed by atoms with Crippen molar-refractivity contribution in [2.45, 2.75) is 30.7 Å². The number of halogens is 1. The summed E-state index contributed by atoms with van der Waals surface area (Å²) in [4.78, 5) is 14.3. The first-order valence-electron chi connectivity index (χ1n) is 8.94. The number of nitrogens with zero attached hydrogens (tertiary/aromatic N) is 2. The van der Waals surface area contributed by atoms with Crippen molar-refractivity contribution >= 4 is 38.8 Å². The second-order valence-electron chi connectivity index (χ2n) is 6.85. The van der Waals surface area contributed by atoms with Crippen LogP contribution in [-0.2, 0) is 21.2 Å². The van der Waals surface area contributed by atoms with Crippen LogP contribution in [0.4, 0.5) is 4.79 Å². The summed E-state index contributed by atoms with van der Waals surface area (Å²) in [6.07, 6.45) is 1.40. The van der Waals surface area contributed by atoms with E-state index in [1.54, 1.807) is 30.0 Å². The highest BCUT2D eigenvalue weighted by Gasteiger charge is 2.33. The van der Waals surface area contributed by atoms with Gasteiger partial charge in [0.2, 0.25) is 10.0 Å². The summed E-state index contributed by atoms with van der Waals surface area (Å²) < 4.78 is 38.9. The van der Waals surface area contributed by atoms with Crippen molar-refractivity contribution in [3.63, 3.8) is 0 Å². The molecule has 2 saturated heterocycles. The van der Waals surface area contributed by atoms with Crippen molar-refractivity contribution in [2.75, 3.05) is 37.7 Å². The minimum absolute atomic E-state index is 0.209. The summed E-state index contributed by atoms with van der Waals surface area (Å²) in [5.74, 6) is 0.985. The molecule has 2 fully saturated rings. The van der Waals surface area contributed by atoms with E-state index in [0.29, 0.717) is 48.1 Å². The van der Waals surface area contributed by atoms with Crippen LogP contribution in [0, 0.1) is 6.92 Å². The lowest BCUT2D eigenvalue weighted by Gasteiger charge is -2.35. The van der Waals surface area contributed by atoms with Gasteiger partial charge in [0, 0.05) is 24.2 Å². The maximum atomic E-state index is 13.0. The molecule has 2 heterocycles. The lowest BCUT2D eigenvalue weighted by molar-refractivity contribution is 0.190. The number of hydrogen-bond acceptors (Lipinski definition) is 4. The molecule has 2 aliphatic heterocycles. The Balaban J connectivity index is 1.67. The third kappa shape index (κ3) is 4.71. The summed E-state index contributed by atoms with van der Waals surface area (Å²) in [5, 5.41) is 3.36. The summed E-state index contributed by atoms with van der Waals surface area (Å²) in [6.45, 7) is 3.28. The normalized spacial score (nSPS) is 22.6. The Bertz CT molecular complexity index is 797. The number of amides is 2. The molecule has 1 atom stereocenters. The van der Waals surface area contributed by atoms with Crippen LogP contribution in [0.3, 0.4) is 0 Å². The number of piperidine rings is 1. The monoisotopic (exact) mass is 433 g/mol. The number of urea groups is 1. The summed E-state index contributed by atoms with van der Waals surface area (Å²) >= 11 is 5.24. The van der Waals surface area contributed by atoms with Crippen LogP contribution in [0.1, 0.15) is 18.4 Å². The third-order valence-corrected chi connectivity index (χ3v) is 8.71. The quantitative estimate of drug-likeness (QED) is 0.732. The molecule has 1 unspecified atom stereocenters. The van der Waals surface area contributed by atoms with Gasteiger partial charge in [0.1, 0.15) is 11.5 Å². The van der Waals surface area contributed by atoms with Gasteiger partial charge in [0.05, 0.1) is 18.0 Å². The lowest BCUT2D eigenvalue weighted by Crippen LogP contribution is -2.55. The standard InChI is InChI=1S/C17H24ClN3O4S2/c1-13-15(18)5-2-6-16(13)27(24,25)21-7-3-4-14(12-21)19-17(22)20-8-10-26(23)11-9-20/h2,5-6,14H,3-4,7-12H2,1H3,(H,19,22). The Labute approximate surface area is 168 Å². The van der Waals surface area contributed by atoms with Crippen molar-refractivity contribution in [3.8, 4) is 0 Å². The molecule has 0 radical (unpaired) electrons. The molecule has 0 saturated carbocycles. The number of nitrogens with one attached hydrogen (secondary N) is 1. The number of benzene rings is 1. The van der Waals surface area contributed by atoms with E-state index in [9.17, 15) is 17.8 Å². The van der Waals surface area contributed by atoms with Crippen molar-refractivity contribution in [1.82, 2.24) is 14.5 Å². The molecule has 2 aliphatic rings. The molecule has 150 valence electrons. The SMILES string of the molecule is Cc1c(Cl)cccc1S(=O)(=O)N1CCCC(NC(=O)N2CC[S+]([O-])CC2)C1. The van der Waals surface area contributed by atoms with Crippen LogP contribution in [-0.4, -0.2) is 71.9 Å². The second-order valence-corrected chi connectivity index (χ2v) is 10.9. The molecule has 7 nitrogen and oxygen atoms in total. The van der Waals surface area contributed by atoms with E-state index in [-0.39, 0.29) is 23.5 Å². The molecular weight excluding hydrogens is 410 g/mol. The first kappa shape index (κ1) is 20.7. The highest BCUT2D eigenvalue weighted by molar-refractivity contribution is 7.91. The molecule has 1 aromatic rings. The Kier molecular flexibility index (Phi) is 6.58. The summed E-state index contributed by atoms with van der Waals surface area (Å²) in [6, 6.07) is 4.40. The maximum absolute atomic E-state index is 13.0. The minimum atomic E-state index is -3.67. The van der Waals surface area contributed by atoms with E-state index in [0.717, 1.165) is 6.42 Å². The van der Waals surface area contributed by atoms with Crippen LogP contribution in [0.15, 0.2) is 23.1 Å². The Morgan fingerprint density at radius 3 is 2.70 bits per heavy atom. The van der Waals surface area contributed by atoms with Gasteiger partial charge in [0.25, 0.3) is 0 Å². The van der Waals surface area contributed by atoms with Gasteiger partial charge < -0.3 is 14.8 Å². The average molecular weight is 434 g/mol. The largest absolute Gasteiger partial charge is 0.616 e. The summed E-state index contributed by atoms with van der Waals surface area (Å²) in [7, 11) is -3.67. The van der Waals surface area contributed by atoms with Gasteiger partial charge in [0.15, 0.2) is 0 Å². The van der Waals surface area contributed by atoms with Crippen LogP contribution in [0.25, 0.3) is 0 Å². The average Bonchev–Trinajstić information content (AvgIpc) is 2.64. The number of carbonyl (C=O) groups is 1. The van der Waals surface area contributed by atoms with Crippen LogP contribution >= 0.6 is 11.6 Å². The van der Waals surface area contributed by atoms with Gasteiger partial charge >= 0.3 is 6.03 Å². The predicted octanol–water partition coefficient (Wildman–Crippen LogP) is 1.58. The number of hydrogen-bond donors (Lipinski definition) is 1. The molecule has 2 amide bonds. The Morgan fingerprint density at radius 2 is 2.00 bits per heavy atom. The van der Waals surface area contributed by atoms with E-state index < -0.39 is 21.2 Å². The van der Waals surface area contributed by atoms with Crippen molar-refractivity contribution in [3.05, 3.63) is 28.8 Å². The molecule has 0 bridgehead atoms. The molecule has 0 aliphatic carbocycles. The lowest BCUT2D eigenvalue weighted by atomic mass is 10.1. The second kappa shape index (κ2) is 8.57. The van der Waals surface area contributed by atoms with Gasteiger partial charge in [-0.3, -0.25) is 0 Å². The molecule has 10 heteroatoms. The zero-order valence-corrected chi connectivity index (χ0v) is 17.6. The maximum Gasteiger partial charge on any atom is 0.317 e. The number of carbonyl (C=O) groups excluding carboxylic acids is 1. The van der Waals surface area contributed by atoms with E-state index in [4.69, 9.17) is 11.6 Å².